The van der Waals surface area contributed by atoms with Gasteiger partial charge in [-0.2, -0.15) is 0 Å². The van der Waals surface area contributed by atoms with Crippen molar-refractivity contribution in [2.45, 2.75) is 0 Å². The second-order valence-corrected chi connectivity index (χ2v) is 6.12. The molecule has 0 radical (unpaired) electrons. The Morgan fingerprint density at radius 2 is 1.74 bits per heavy atom. The van der Waals surface area contributed by atoms with Crippen LogP contribution in [-0.4, -0.2) is 23.5 Å². The number of anilines is 1. The van der Waals surface area contributed by atoms with E-state index in [0.717, 1.165) is 0 Å². The van der Waals surface area contributed by atoms with E-state index in [1.54, 1.807) is 24.3 Å². The highest BCUT2D eigenvalue weighted by Gasteiger charge is 2.34. The van der Waals surface area contributed by atoms with Gasteiger partial charge in [0, 0.05) is 6.54 Å². The summed E-state index contributed by atoms with van der Waals surface area (Å²) in [6.45, 7) is 3.84. The molecule has 0 bridgehead atoms. The van der Waals surface area contributed by atoms with Crippen LogP contribution in [0.15, 0.2) is 78.4 Å². The number of nitrogens with two attached hydrogens (primary N) is 1. The third-order valence-corrected chi connectivity index (χ3v) is 4.07. The summed E-state index contributed by atoms with van der Waals surface area (Å²) >= 11 is 5.16. The molecule has 3 N–H and O–H groups in total. The molecular weight excluding hydrogens is 362 g/mol. The summed E-state index contributed by atoms with van der Waals surface area (Å²) in [5.74, 6) is 0.208. The SMILES string of the molecule is C=C(C=C1C(=O)NC(=S)N(c2ccc(Oc3ccccc3)cc2)C1=O)CN. The van der Waals surface area contributed by atoms with Crippen molar-refractivity contribution in [3.8, 4) is 11.5 Å². The number of hydrogen-bond donors (Lipinski definition) is 2. The van der Waals surface area contributed by atoms with Crippen molar-refractivity contribution in [2.75, 3.05) is 11.4 Å². The standard InChI is InChI=1S/C20H17N3O3S/c1-13(12-21)11-17-18(24)22-20(27)23(19(17)25)14-7-9-16(10-8-14)26-15-5-3-2-4-6-15/h2-11H,1,12,21H2,(H,22,24,27). The Bertz CT molecular complexity index is 937. The van der Waals surface area contributed by atoms with Gasteiger partial charge in [-0.15, -0.1) is 0 Å². The van der Waals surface area contributed by atoms with Gasteiger partial charge in [0.25, 0.3) is 11.8 Å². The molecule has 6 nitrogen and oxygen atoms in total. The molecule has 0 spiro atoms. The van der Waals surface area contributed by atoms with Crippen molar-refractivity contribution < 1.29 is 14.3 Å². The maximum Gasteiger partial charge on any atom is 0.270 e. The normalized spacial score (nSPS) is 15.7. The minimum Gasteiger partial charge on any atom is -0.457 e. The van der Waals surface area contributed by atoms with Crippen molar-refractivity contribution in [2.24, 2.45) is 5.73 Å². The van der Waals surface area contributed by atoms with Crippen LogP contribution in [0.5, 0.6) is 11.5 Å². The first-order valence-corrected chi connectivity index (χ1v) is 8.52. The van der Waals surface area contributed by atoms with Crippen LogP contribution in [0.25, 0.3) is 0 Å². The predicted molar refractivity (Wildman–Crippen MR) is 107 cm³/mol. The van der Waals surface area contributed by atoms with E-state index < -0.39 is 11.8 Å². The van der Waals surface area contributed by atoms with Gasteiger partial charge in [0.1, 0.15) is 17.1 Å². The Balaban J connectivity index is 1.85. The zero-order valence-corrected chi connectivity index (χ0v) is 15.2. The van der Waals surface area contributed by atoms with Crippen LogP contribution < -0.4 is 20.7 Å². The zero-order valence-electron chi connectivity index (χ0n) is 14.3. The summed E-state index contributed by atoms with van der Waals surface area (Å²) in [6, 6.07) is 16.2. The van der Waals surface area contributed by atoms with Crippen LogP contribution in [0.4, 0.5) is 5.69 Å². The molecular formula is C20H17N3O3S. The molecule has 1 fully saturated rings. The van der Waals surface area contributed by atoms with E-state index in [4.69, 9.17) is 22.7 Å². The maximum atomic E-state index is 12.8. The highest BCUT2D eigenvalue weighted by atomic mass is 32.1. The lowest BCUT2D eigenvalue weighted by molar-refractivity contribution is -0.122. The van der Waals surface area contributed by atoms with Crippen molar-refractivity contribution >= 4 is 34.8 Å². The number of rotatable bonds is 5. The molecule has 0 aromatic heterocycles. The molecule has 2 amide bonds. The number of ether oxygens (including phenoxy) is 1. The smallest absolute Gasteiger partial charge is 0.270 e. The van der Waals surface area contributed by atoms with E-state index in [2.05, 4.69) is 11.9 Å². The van der Waals surface area contributed by atoms with Gasteiger partial charge in [0.05, 0.1) is 5.69 Å². The van der Waals surface area contributed by atoms with Crippen molar-refractivity contribution in [1.29, 1.82) is 0 Å². The van der Waals surface area contributed by atoms with Crippen LogP contribution in [0, 0.1) is 0 Å². The van der Waals surface area contributed by atoms with Crippen LogP contribution in [0.1, 0.15) is 0 Å². The number of amides is 2. The van der Waals surface area contributed by atoms with Gasteiger partial charge >= 0.3 is 0 Å². The lowest BCUT2D eigenvalue weighted by atomic mass is 10.1. The first-order chi connectivity index (χ1) is 13.0. The molecule has 27 heavy (non-hydrogen) atoms. The highest BCUT2D eigenvalue weighted by molar-refractivity contribution is 7.80. The molecule has 0 saturated carbocycles. The van der Waals surface area contributed by atoms with E-state index >= 15 is 0 Å². The van der Waals surface area contributed by atoms with Crippen LogP contribution in [0.2, 0.25) is 0 Å². The number of carbonyl (C=O) groups excluding carboxylic acids is 2. The fourth-order valence-electron chi connectivity index (χ4n) is 2.44. The molecule has 1 aliphatic heterocycles. The molecule has 3 rings (SSSR count). The summed E-state index contributed by atoms with van der Waals surface area (Å²) in [6.07, 6.45) is 1.37. The van der Waals surface area contributed by atoms with Gasteiger partial charge in [0.2, 0.25) is 0 Å². The number of para-hydroxylation sites is 1. The Kier molecular flexibility index (Phi) is 5.44. The Morgan fingerprint density at radius 1 is 1.11 bits per heavy atom. The van der Waals surface area contributed by atoms with Gasteiger partial charge in [-0.05, 0) is 60.3 Å². The van der Waals surface area contributed by atoms with E-state index in [-0.39, 0.29) is 17.2 Å². The molecule has 2 aromatic rings. The lowest BCUT2D eigenvalue weighted by Gasteiger charge is -2.29. The second-order valence-electron chi connectivity index (χ2n) is 5.73. The fourth-order valence-corrected chi connectivity index (χ4v) is 2.72. The second kappa shape index (κ2) is 7.94. The molecule has 1 aliphatic rings. The molecule has 1 saturated heterocycles. The average molecular weight is 379 g/mol. The predicted octanol–water partition coefficient (Wildman–Crippen LogP) is 2.67. The Hall–Kier alpha value is -3.29. The monoisotopic (exact) mass is 379 g/mol. The molecule has 2 aromatic carbocycles. The summed E-state index contributed by atoms with van der Waals surface area (Å²) in [7, 11) is 0. The fraction of sp³-hybridized carbons (Fsp3) is 0.0500. The number of nitrogens with one attached hydrogen (secondary N) is 1. The van der Waals surface area contributed by atoms with E-state index in [1.807, 2.05) is 30.3 Å². The van der Waals surface area contributed by atoms with Crippen LogP contribution >= 0.6 is 12.2 Å². The summed E-state index contributed by atoms with van der Waals surface area (Å²) in [4.78, 5) is 26.1. The summed E-state index contributed by atoms with van der Waals surface area (Å²) in [5, 5.41) is 2.52. The third kappa shape index (κ3) is 4.11. The first kappa shape index (κ1) is 18.5. The lowest BCUT2D eigenvalue weighted by Crippen LogP contribution is -2.54. The maximum absolute atomic E-state index is 12.8. The van der Waals surface area contributed by atoms with E-state index in [0.29, 0.717) is 22.8 Å². The Morgan fingerprint density at radius 3 is 2.37 bits per heavy atom. The molecule has 7 heteroatoms. The minimum absolute atomic E-state index is 0.0113. The van der Waals surface area contributed by atoms with Crippen molar-refractivity contribution in [3.63, 3.8) is 0 Å². The third-order valence-electron chi connectivity index (χ3n) is 3.79. The van der Waals surface area contributed by atoms with Gasteiger partial charge in [-0.25, -0.2) is 0 Å². The largest absolute Gasteiger partial charge is 0.457 e. The van der Waals surface area contributed by atoms with Crippen LogP contribution in [-0.2, 0) is 9.59 Å². The number of benzene rings is 2. The Labute approximate surface area is 161 Å². The summed E-state index contributed by atoms with van der Waals surface area (Å²) < 4.78 is 5.74. The minimum atomic E-state index is -0.570. The zero-order chi connectivity index (χ0) is 19.4. The number of nitrogens with zero attached hydrogens (tertiary/aromatic N) is 1. The van der Waals surface area contributed by atoms with Crippen molar-refractivity contribution in [3.05, 3.63) is 78.4 Å². The number of hydrogen-bond acceptors (Lipinski definition) is 5. The first-order valence-electron chi connectivity index (χ1n) is 8.12. The van der Waals surface area contributed by atoms with E-state index in [9.17, 15) is 9.59 Å². The topological polar surface area (TPSA) is 84.7 Å². The highest BCUT2D eigenvalue weighted by Crippen LogP contribution is 2.26. The average Bonchev–Trinajstić information content (AvgIpc) is 2.67. The molecule has 0 atom stereocenters. The van der Waals surface area contributed by atoms with E-state index in [1.165, 1.54) is 11.0 Å². The van der Waals surface area contributed by atoms with Gasteiger partial charge < -0.3 is 10.5 Å². The molecule has 0 aliphatic carbocycles. The number of carbonyl (C=O) groups is 2. The quantitative estimate of drug-likeness (QED) is 0.474. The van der Waals surface area contributed by atoms with Gasteiger partial charge in [-0.3, -0.25) is 19.8 Å². The molecule has 136 valence electrons. The molecule has 0 unspecified atom stereocenters. The van der Waals surface area contributed by atoms with Gasteiger partial charge in [-0.1, -0.05) is 24.8 Å². The van der Waals surface area contributed by atoms with Gasteiger partial charge in [0.15, 0.2) is 5.11 Å². The van der Waals surface area contributed by atoms with Crippen molar-refractivity contribution in [1.82, 2.24) is 5.32 Å². The number of thiocarbonyl (C=S) groups is 1. The summed E-state index contributed by atoms with van der Waals surface area (Å²) in [5.41, 5.74) is 6.40. The van der Waals surface area contributed by atoms with Crippen LogP contribution in [0.3, 0.4) is 0 Å². The molecule has 1 heterocycles.